The van der Waals surface area contributed by atoms with Gasteiger partial charge in [-0.15, -0.1) is 0 Å². The minimum Gasteiger partial charge on any atom is -0.495 e. The number of nitrogen functional groups attached to an aromatic ring is 1. The summed E-state index contributed by atoms with van der Waals surface area (Å²) in [5, 5.41) is 0. The molecule has 4 nitrogen and oxygen atoms in total. The van der Waals surface area contributed by atoms with E-state index < -0.39 is 0 Å². The first kappa shape index (κ1) is 12.7. The third kappa shape index (κ3) is 2.26. The Labute approximate surface area is 114 Å². The second-order valence-electron chi connectivity index (χ2n) is 3.63. The Bertz CT molecular complexity index is 573. The van der Waals surface area contributed by atoms with Crippen LogP contribution in [0.5, 0.6) is 11.5 Å². The summed E-state index contributed by atoms with van der Waals surface area (Å²) >= 11 is 3.47. The van der Waals surface area contributed by atoms with Gasteiger partial charge in [0.25, 0.3) is 0 Å². The second-order valence-corrected chi connectivity index (χ2v) is 4.42. The normalized spacial score (nSPS) is 10.2. The minimum atomic E-state index is 0.474. The number of nitrogens with zero attached hydrogens (tertiary/aromatic N) is 1. The van der Waals surface area contributed by atoms with E-state index in [9.17, 15) is 0 Å². The Morgan fingerprint density at radius 3 is 2.56 bits per heavy atom. The second kappa shape index (κ2) is 5.27. The lowest BCUT2D eigenvalue weighted by molar-refractivity contribution is 0.390. The van der Waals surface area contributed by atoms with Gasteiger partial charge in [-0.1, -0.05) is 0 Å². The summed E-state index contributed by atoms with van der Waals surface area (Å²) in [6.45, 7) is 0. The molecule has 0 fully saturated rings. The van der Waals surface area contributed by atoms with Crippen molar-refractivity contribution in [2.24, 2.45) is 0 Å². The van der Waals surface area contributed by atoms with Gasteiger partial charge >= 0.3 is 0 Å². The Hall–Kier alpha value is -1.75. The van der Waals surface area contributed by atoms with E-state index in [1.54, 1.807) is 26.5 Å². The fraction of sp³-hybridized carbons (Fsp3) is 0.154. The van der Waals surface area contributed by atoms with Gasteiger partial charge in [0, 0.05) is 11.8 Å². The van der Waals surface area contributed by atoms with Crippen molar-refractivity contribution in [2.45, 2.75) is 0 Å². The number of hydrogen-bond donors (Lipinski definition) is 1. The zero-order chi connectivity index (χ0) is 13.1. The van der Waals surface area contributed by atoms with Crippen molar-refractivity contribution in [1.29, 1.82) is 0 Å². The fourth-order valence-corrected chi connectivity index (χ4v) is 2.41. The van der Waals surface area contributed by atoms with Gasteiger partial charge in [-0.05, 0) is 45.8 Å². The smallest absolute Gasteiger partial charge is 0.144 e. The maximum Gasteiger partial charge on any atom is 0.144 e. The van der Waals surface area contributed by atoms with Crippen LogP contribution in [0.2, 0.25) is 0 Å². The maximum absolute atomic E-state index is 5.69. The number of methoxy groups -OCH3 is 2. The molecule has 0 saturated carbocycles. The summed E-state index contributed by atoms with van der Waals surface area (Å²) < 4.78 is 11.4. The highest BCUT2D eigenvalue weighted by Gasteiger charge is 2.14. The molecular weight excluding hydrogens is 296 g/mol. The van der Waals surface area contributed by atoms with Crippen LogP contribution in [0.3, 0.4) is 0 Å². The average molecular weight is 309 g/mol. The number of pyridine rings is 1. The highest BCUT2D eigenvalue weighted by molar-refractivity contribution is 9.10. The molecule has 1 aromatic heterocycles. The summed E-state index contributed by atoms with van der Waals surface area (Å²) in [5.74, 6) is 1.90. The number of rotatable bonds is 3. The van der Waals surface area contributed by atoms with Gasteiger partial charge in [-0.25, -0.2) is 4.98 Å². The highest BCUT2D eigenvalue weighted by atomic mass is 79.9. The van der Waals surface area contributed by atoms with Crippen LogP contribution < -0.4 is 15.2 Å². The Morgan fingerprint density at radius 1 is 1.17 bits per heavy atom. The molecule has 1 heterocycles. The highest BCUT2D eigenvalue weighted by Crippen LogP contribution is 2.41. The molecular formula is C13H13BrN2O2. The van der Waals surface area contributed by atoms with Gasteiger partial charge in [-0.3, -0.25) is 0 Å². The lowest BCUT2D eigenvalue weighted by Gasteiger charge is -2.13. The quantitative estimate of drug-likeness (QED) is 0.946. The molecule has 94 valence electrons. The van der Waals surface area contributed by atoms with Crippen LogP contribution in [0, 0.1) is 0 Å². The molecule has 0 aliphatic carbocycles. The number of hydrogen-bond acceptors (Lipinski definition) is 4. The largest absolute Gasteiger partial charge is 0.495 e. The van der Waals surface area contributed by atoms with E-state index in [1.807, 2.05) is 18.2 Å². The molecule has 0 aliphatic rings. The zero-order valence-corrected chi connectivity index (χ0v) is 11.7. The topological polar surface area (TPSA) is 57.4 Å². The summed E-state index contributed by atoms with van der Waals surface area (Å²) in [5.41, 5.74) is 7.57. The summed E-state index contributed by atoms with van der Waals surface area (Å²) in [6.07, 6.45) is 1.67. The van der Waals surface area contributed by atoms with Crippen molar-refractivity contribution >= 4 is 21.7 Å². The first-order valence-corrected chi connectivity index (χ1v) is 6.09. The standard InChI is InChI=1S/C13H13BrN2O2/c1-17-10-4-3-9(13(18-2)12(10)14)8-5-6-16-11(15)7-8/h3-7H,1-2H3,(H2,15,16). The number of ether oxygens (including phenoxy) is 2. The molecule has 0 amide bonds. The number of anilines is 1. The molecule has 0 radical (unpaired) electrons. The third-order valence-corrected chi connectivity index (χ3v) is 3.33. The van der Waals surface area contributed by atoms with Gasteiger partial charge < -0.3 is 15.2 Å². The lowest BCUT2D eigenvalue weighted by Crippen LogP contribution is -1.94. The molecule has 2 rings (SSSR count). The lowest BCUT2D eigenvalue weighted by atomic mass is 10.1. The average Bonchev–Trinajstić information content (AvgIpc) is 2.38. The van der Waals surface area contributed by atoms with Gasteiger partial charge in [0.2, 0.25) is 0 Å². The van der Waals surface area contributed by atoms with Crippen LogP contribution in [-0.2, 0) is 0 Å². The van der Waals surface area contributed by atoms with Crippen molar-refractivity contribution in [3.05, 3.63) is 34.9 Å². The van der Waals surface area contributed by atoms with Crippen LogP contribution >= 0.6 is 15.9 Å². The van der Waals surface area contributed by atoms with Gasteiger partial charge in [0.15, 0.2) is 0 Å². The van der Waals surface area contributed by atoms with Crippen molar-refractivity contribution in [3.63, 3.8) is 0 Å². The Morgan fingerprint density at radius 2 is 1.94 bits per heavy atom. The Balaban J connectivity index is 2.61. The van der Waals surface area contributed by atoms with E-state index in [0.29, 0.717) is 11.6 Å². The number of aromatic nitrogens is 1. The van der Waals surface area contributed by atoms with Gasteiger partial charge in [-0.2, -0.15) is 0 Å². The molecule has 5 heteroatoms. The maximum atomic E-state index is 5.69. The number of halogens is 1. The van der Waals surface area contributed by atoms with E-state index in [1.165, 1.54) is 0 Å². The molecule has 0 spiro atoms. The van der Waals surface area contributed by atoms with Crippen LogP contribution in [0.15, 0.2) is 34.9 Å². The van der Waals surface area contributed by atoms with E-state index in [4.69, 9.17) is 15.2 Å². The SMILES string of the molecule is COc1ccc(-c2ccnc(N)c2)c(OC)c1Br. The molecule has 0 atom stereocenters. The third-order valence-electron chi connectivity index (χ3n) is 2.58. The summed E-state index contributed by atoms with van der Waals surface area (Å²) in [6, 6.07) is 7.49. The molecule has 0 bridgehead atoms. The molecule has 2 N–H and O–H groups in total. The zero-order valence-electron chi connectivity index (χ0n) is 10.1. The monoisotopic (exact) mass is 308 g/mol. The minimum absolute atomic E-state index is 0.474. The summed E-state index contributed by atoms with van der Waals surface area (Å²) in [7, 11) is 3.23. The van der Waals surface area contributed by atoms with Crippen LogP contribution in [0.4, 0.5) is 5.82 Å². The van der Waals surface area contributed by atoms with Gasteiger partial charge in [0.05, 0.1) is 14.2 Å². The molecule has 0 aliphatic heterocycles. The van der Waals surface area contributed by atoms with Gasteiger partial charge in [0.1, 0.15) is 21.8 Å². The van der Waals surface area contributed by atoms with E-state index >= 15 is 0 Å². The van der Waals surface area contributed by atoms with Crippen molar-refractivity contribution in [2.75, 3.05) is 20.0 Å². The molecule has 0 saturated heterocycles. The molecule has 2 aromatic rings. The first-order valence-electron chi connectivity index (χ1n) is 5.29. The van der Waals surface area contributed by atoms with Crippen molar-refractivity contribution < 1.29 is 9.47 Å². The summed E-state index contributed by atoms with van der Waals surface area (Å²) in [4.78, 5) is 3.98. The van der Waals surface area contributed by atoms with Crippen LogP contribution in [0.25, 0.3) is 11.1 Å². The molecule has 1 aromatic carbocycles. The Kier molecular flexibility index (Phi) is 3.72. The van der Waals surface area contributed by atoms with Crippen LogP contribution in [0.1, 0.15) is 0 Å². The molecule has 0 unspecified atom stereocenters. The van der Waals surface area contributed by atoms with E-state index in [-0.39, 0.29) is 0 Å². The fourth-order valence-electron chi connectivity index (χ4n) is 1.74. The number of benzene rings is 1. The van der Waals surface area contributed by atoms with Crippen molar-refractivity contribution in [3.8, 4) is 22.6 Å². The molecule has 18 heavy (non-hydrogen) atoms. The van der Waals surface area contributed by atoms with E-state index in [0.717, 1.165) is 21.3 Å². The first-order chi connectivity index (χ1) is 8.67. The van der Waals surface area contributed by atoms with E-state index in [2.05, 4.69) is 20.9 Å². The van der Waals surface area contributed by atoms with Crippen molar-refractivity contribution in [1.82, 2.24) is 4.98 Å². The predicted octanol–water partition coefficient (Wildman–Crippen LogP) is 3.11. The van der Waals surface area contributed by atoms with Crippen LogP contribution in [-0.4, -0.2) is 19.2 Å². The predicted molar refractivity (Wildman–Crippen MR) is 74.9 cm³/mol. The number of nitrogens with two attached hydrogens (primary N) is 1.